The molecule has 7 nitrogen and oxygen atoms in total. The van der Waals surface area contributed by atoms with E-state index in [9.17, 15) is 23.2 Å². The molecule has 3 N–H and O–H groups in total. The van der Waals surface area contributed by atoms with Crippen LogP contribution in [0, 0.1) is 11.6 Å². The fourth-order valence-corrected chi connectivity index (χ4v) is 3.79. The van der Waals surface area contributed by atoms with Crippen LogP contribution in [0.3, 0.4) is 0 Å². The summed E-state index contributed by atoms with van der Waals surface area (Å²) in [6.07, 6.45) is 0.132. The minimum atomic E-state index is -1.19. The normalized spacial score (nSPS) is 16.7. The summed E-state index contributed by atoms with van der Waals surface area (Å²) < 4.78 is 39.2. The number of ether oxygens (including phenoxy) is 2. The second-order valence-electron chi connectivity index (χ2n) is 6.75. The molecule has 10 heteroatoms. The van der Waals surface area contributed by atoms with Crippen LogP contribution in [0.5, 0.6) is 11.5 Å². The van der Waals surface area contributed by atoms with Crippen LogP contribution in [0.25, 0.3) is 0 Å². The molecular formula is C21H20F2N2O5S. The highest BCUT2D eigenvalue weighted by atomic mass is 32.2. The minimum absolute atomic E-state index is 0.0319. The molecule has 0 bridgehead atoms. The van der Waals surface area contributed by atoms with Crippen molar-refractivity contribution in [2.45, 2.75) is 31.1 Å². The van der Waals surface area contributed by atoms with Crippen LogP contribution < -0.4 is 15.8 Å². The van der Waals surface area contributed by atoms with Gasteiger partial charge in [0.2, 0.25) is 11.7 Å². The zero-order valence-corrected chi connectivity index (χ0v) is 17.3. The molecule has 1 fully saturated rings. The minimum Gasteiger partial charge on any atom is -0.465 e. The number of esters is 1. The van der Waals surface area contributed by atoms with Gasteiger partial charge in [-0.15, -0.1) is 0 Å². The van der Waals surface area contributed by atoms with Gasteiger partial charge in [-0.2, -0.15) is 4.39 Å². The SMILES string of the molecule is CCOC(=O)C(N)Cc1ccc(Oc2ccc(CC3SC(=O)NC3=O)c(F)c2F)cc1. The average molecular weight is 450 g/mol. The van der Waals surface area contributed by atoms with Gasteiger partial charge in [0.15, 0.2) is 11.6 Å². The van der Waals surface area contributed by atoms with Gasteiger partial charge in [0.25, 0.3) is 5.24 Å². The van der Waals surface area contributed by atoms with Crippen molar-refractivity contribution in [2.75, 3.05) is 6.61 Å². The Bertz CT molecular complexity index is 1000. The van der Waals surface area contributed by atoms with Crippen molar-refractivity contribution in [1.29, 1.82) is 0 Å². The predicted molar refractivity (Wildman–Crippen MR) is 110 cm³/mol. The largest absolute Gasteiger partial charge is 0.465 e. The highest BCUT2D eigenvalue weighted by molar-refractivity contribution is 8.15. The summed E-state index contributed by atoms with van der Waals surface area (Å²) in [5.74, 6) is -3.42. The Morgan fingerprint density at radius 2 is 1.87 bits per heavy atom. The third-order valence-electron chi connectivity index (χ3n) is 4.50. The van der Waals surface area contributed by atoms with Crippen molar-refractivity contribution < 1.29 is 32.6 Å². The predicted octanol–water partition coefficient (Wildman–Crippen LogP) is 3.08. The first-order valence-corrected chi connectivity index (χ1v) is 10.3. The molecule has 0 saturated carbocycles. The second kappa shape index (κ2) is 9.88. The Morgan fingerprint density at radius 1 is 1.16 bits per heavy atom. The highest BCUT2D eigenvalue weighted by Gasteiger charge is 2.32. The molecule has 1 aliphatic heterocycles. The van der Waals surface area contributed by atoms with Gasteiger partial charge in [-0.1, -0.05) is 30.0 Å². The Morgan fingerprint density at radius 3 is 2.48 bits per heavy atom. The molecule has 0 radical (unpaired) electrons. The maximum atomic E-state index is 14.5. The number of nitrogens with one attached hydrogen (secondary N) is 1. The van der Waals surface area contributed by atoms with E-state index in [1.165, 1.54) is 12.1 Å². The van der Waals surface area contributed by atoms with Crippen molar-refractivity contribution in [3.63, 3.8) is 0 Å². The molecule has 2 aromatic rings. The van der Waals surface area contributed by atoms with E-state index in [-0.39, 0.29) is 36.5 Å². The first kappa shape index (κ1) is 22.7. The van der Waals surface area contributed by atoms with Crippen molar-refractivity contribution in [1.82, 2.24) is 5.32 Å². The molecule has 1 aliphatic rings. The first-order valence-electron chi connectivity index (χ1n) is 9.45. The zero-order valence-electron chi connectivity index (χ0n) is 16.5. The molecule has 2 amide bonds. The quantitative estimate of drug-likeness (QED) is 0.595. The smallest absolute Gasteiger partial charge is 0.323 e. The Labute approximate surface area is 181 Å². The van der Waals surface area contributed by atoms with Crippen LogP contribution >= 0.6 is 11.8 Å². The van der Waals surface area contributed by atoms with Crippen molar-refractivity contribution in [3.05, 3.63) is 59.2 Å². The van der Waals surface area contributed by atoms with Crippen LogP contribution in [0.4, 0.5) is 13.6 Å². The van der Waals surface area contributed by atoms with Crippen LogP contribution in [0.1, 0.15) is 18.1 Å². The summed E-state index contributed by atoms with van der Waals surface area (Å²) in [4.78, 5) is 34.5. The van der Waals surface area contributed by atoms with Gasteiger partial charge >= 0.3 is 5.97 Å². The van der Waals surface area contributed by atoms with Gasteiger partial charge in [0.1, 0.15) is 11.8 Å². The number of rotatable bonds is 8. The van der Waals surface area contributed by atoms with Gasteiger partial charge in [-0.05, 0) is 49.1 Å². The second-order valence-corrected chi connectivity index (χ2v) is 7.92. The third-order valence-corrected chi connectivity index (χ3v) is 5.48. The van der Waals surface area contributed by atoms with Gasteiger partial charge in [-0.25, -0.2) is 4.39 Å². The van der Waals surface area contributed by atoms with Gasteiger partial charge < -0.3 is 15.2 Å². The standard InChI is InChI=1S/C21H20F2N2O5S/c1-2-29-20(27)14(24)9-11-3-6-13(7-4-11)30-15-8-5-12(17(22)18(15)23)10-16-19(26)25-21(28)31-16/h3-8,14,16H,2,9-10,24H2,1H3,(H,25,26,28). The molecule has 3 rings (SSSR count). The fraction of sp³-hybridized carbons (Fsp3) is 0.286. The first-order chi connectivity index (χ1) is 14.8. The van der Waals surface area contributed by atoms with E-state index < -0.39 is 40.0 Å². The summed E-state index contributed by atoms with van der Waals surface area (Å²) >= 11 is 0.742. The molecule has 164 valence electrons. The van der Waals surface area contributed by atoms with Crippen LogP contribution in [-0.2, 0) is 27.2 Å². The molecule has 2 unspecified atom stereocenters. The van der Waals surface area contributed by atoms with Crippen LogP contribution in [0.2, 0.25) is 0 Å². The monoisotopic (exact) mass is 450 g/mol. The molecular weight excluding hydrogens is 430 g/mol. The zero-order chi connectivity index (χ0) is 22.5. The van der Waals surface area contributed by atoms with Crippen molar-refractivity contribution in [2.24, 2.45) is 5.73 Å². The molecule has 0 aliphatic carbocycles. The van der Waals surface area contributed by atoms with Gasteiger partial charge in [0.05, 0.1) is 11.9 Å². The molecule has 1 saturated heterocycles. The number of thioether (sulfide) groups is 1. The molecule has 0 spiro atoms. The van der Waals surface area contributed by atoms with E-state index in [0.717, 1.165) is 17.3 Å². The summed E-state index contributed by atoms with van der Waals surface area (Å²) in [5, 5.41) is 0.789. The van der Waals surface area contributed by atoms with E-state index >= 15 is 0 Å². The lowest BCUT2D eigenvalue weighted by atomic mass is 10.1. The van der Waals surface area contributed by atoms with E-state index in [4.69, 9.17) is 15.2 Å². The molecule has 2 aromatic carbocycles. The number of hydrogen-bond donors (Lipinski definition) is 2. The van der Waals surface area contributed by atoms with E-state index in [0.29, 0.717) is 0 Å². The average Bonchev–Trinajstić information content (AvgIpc) is 3.05. The third kappa shape index (κ3) is 5.59. The summed E-state index contributed by atoms with van der Waals surface area (Å²) in [6.45, 7) is 1.93. The topological polar surface area (TPSA) is 108 Å². The van der Waals surface area contributed by atoms with Crippen molar-refractivity contribution >= 4 is 28.9 Å². The summed E-state index contributed by atoms with van der Waals surface area (Å²) in [7, 11) is 0. The van der Waals surface area contributed by atoms with Crippen LogP contribution in [-0.4, -0.2) is 35.0 Å². The number of carbonyl (C=O) groups excluding carboxylic acids is 3. The van der Waals surface area contributed by atoms with Gasteiger partial charge in [0, 0.05) is 0 Å². The number of nitrogens with two attached hydrogens (primary N) is 1. The van der Waals surface area contributed by atoms with Crippen LogP contribution in [0.15, 0.2) is 36.4 Å². The maximum Gasteiger partial charge on any atom is 0.323 e. The highest BCUT2D eigenvalue weighted by Crippen LogP contribution is 2.30. The molecule has 2 atom stereocenters. The lowest BCUT2D eigenvalue weighted by Gasteiger charge is -2.13. The van der Waals surface area contributed by atoms with E-state index in [1.807, 2.05) is 0 Å². The number of benzene rings is 2. The molecule has 31 heavy (non-hydrogen) atoms. The Hall–Kier alpha value is -2.98. The van der Waals surface area contributed by atoms with Gasteiger partial charge in [-0.3, -0.25) is 19.7 Å². The molecule has 1 heterocycles. The Balaban J connectivity index is 1.66. The summed E-state index contributed by atoms with van der Waals surface area (Å²) in [6, 6.07) is 8.18. The fourth-order valence-electron chi connectivity index (χ4n) is 2.94. The van der Waals surface area contributed by atoms with E-state index in [2.05, 4.69) is 5.32 Å². The number of amides is 2. The van der Waals surface area contributed by atoms with Crippen molar-refractivity contribution in [3.8, 4) is 11.5 Å². The number of carbonyl (C=O) groups is 3. The molecule has 0 aromatic heterocycles. The summed E-state index contributed by atoms with van der Waals surface area (Å²) in [5.41, 5.74) is 6.50. The number of halogens is 2. The maximum absolute atomic E-state index is 14.5. The lowest BCUT2D eigenvalue weighted by molar-refractivity contribution is -0.144. The Kier molecular flexibility index (Phi) is 7.24. The number of hydrogen-bond acceptors (Lipinski definition) is 7. The number of imide groups is 1. The lowest BCUT2D eigenvalue weighted by Crippen LogP contribution is -2.34. The van der Waals surface area contributed by atoms with E-state index in [1.54, 1.807) is 31.2 Å².